The number of rotatable bonds is 38. The summed E-state index contributed by atoms with van der Waals surface area (Å²) >= 11 is 0. The van der Waals surface area contributed by atoms with E-state index in [2.05, 4.69) is 34.4 Å². The number of aliphatic carboxylic acids is 1. The molecular formula is C106H118N6O24. The minimum absolute atomic E-state index is 0.0104. The number of ketones is 2. The summed E-state index contributed by atoms with van der Waals surface area (Å²) in [5.41, 5.74) is 9.72. The maximum atomic E-state index is 14.3. The van der Waals surface area contributed by atoms with Crippen LogP contribution in [0.5, 0.6) is 11.5 Å². The molecule has 6 amide bonds. The minimum Gasteiger partial charge on any atom is -0.496 e. The first-order valence-electron chi connectivity index (χ1n) is 45.3. The van der Waals surface area contributed by atoms with Gasteiger partial charge in [-0.3, -0.25) is 28.8 Å². The molecule has 2 fully saturated rings. The maximum Gasteiger partial charge on any atom is 0.407 e. The molecule has 0 radical (unpaired) electrons. The minimum atomic E-state index is -1.62. The van der Waals surface area contributed by atoms with E-state index in [0.29, 0.717) is 66.8 Å². The summed E-state index contributed by atoms with van der Waals surface area (Å²) in [5.74, 6) is -9.07. The number of Topliss-reactive ketones (excluding diaryl/α,β-unsaturated/α-hetero) is 2. The van der Waals surface area contributed by atoms with E-state index in [4.69, 9.17) is 42.6 Å². The fourth-order valence-electron chi connectivity index (χ4n) is 16.9. The molecule has 0 bridgehead atoms. The Hall–Kier alpha value is -14.6. The fraction of sp³-hybridized carbons (Fsp3) is 0.377. The Labute approximate surface area is 790 Å². The summed E-state index contributed by atoms with van der Waals surface area (Å²) in [5, 5.41) is 20.4. The topological polar surface area (TPSA) is 397 Å². The normalized spacial score (nSPS) is 15.2. The standard InChI is InChI=1S/C55H63N3O12.C51H55N3O12/c1-9-48(60)68-33-55(6,7)49(61)50(62)58-28-15-14-23-44(58)52(64)69-45(27-26-35-25-24-34(2)46(29-35)66-8)36-17-16-18-37(30-36)56-47(59)31-43(51(63)70-54(3,4)5)57-53(65)67-32-42-40-21-12-10-19-38(40)39-20-11-13-22-41(39)42;1-6-45(56)65-30-51(3,4)46(57)47(58)54-25-12-11-20-41(54)49(61)66-42(24-23-32-22-21-31(2)43(26-32)63-5)33-14-13-15-34(27-33)52-44(55)28-40(48(59)60)53-50(62)64-29-39-37-18-9-7-16-35(37)36-17-8-10-19-38(36)39/h9-13,16-22,24-25,29-30,42-45H,1,14-15,23,26-28,31-33H2,2-8H3,(H,56,59)(H,57,65);6-10,13-19,21-22,26-27,39-42H,1,11-12,20,23-25,28-30H2,2-5H3,(H,52,55)(H,53,62)(H,59,60)/t43-,44-,45+;40-,41-,42+/m00/s1. The fourth-order valence-corrected chi connectivity index (χ4v) is 16.9. The van der Waals surface area contributed by atoms with Crippen molar-refractivity contribution in [1.29, 1.82) is 0 Å². The first kappa shape index (κ1) is 102. The molecule has 2 aliphatic heterocycles. The molecule has 8 aromatic rings. The summed E-state index contributed by atoms with van der Waals surface area (Å²) in [4.78, 5) is 188. The number of likely N-dealkylation sites (tertiary alicyclic amines) is 2. The number of anilines is 2. The van der Waals surface area contributed by atoms with Crippen LogP contribution in [-0.2, 0) is 104 Å². The van der Waals surface area contributed by atoms with Gasteiger partial charge in [0.25, 0.3) is 11.8 Å². The summed E-state index contributed by atoms with van der Waals surface area (Å²) in [6.07, 6.45) is 1.32. The average Bonchev–Trinajstić information content (AvgIpc) is 1.61. The van der Waals surface area contributed by atoms with Crippen LogP contribution in [0.4, 0.5) is 21.0 Å². The molecule has 12 rings (SSSR count). The van der Waals surface area contributed by atoms with Gasteiger partial charge in [0.05, 0.1) is 37.9 Å². The van der Waals surface area contributed by atoms with Crippen molar-refractivity contribution in [3.63, 3.8) is 0 Å². The molecule has 2 saturated heterocycles. The van der Waals surface area contributed by atoms with Crippen molar-refractivity contribution in [2.45, 2.75) is 193 Å². The van der Waals surface area contributed by atoms with Gasteiger partial charge >= 0.3 is 48.0 Å². The highest BCUT2D eigenvalue weighted by Crippen LogP contribution is 2.47. The van der Waals surface area contributed by atoms with E-state index in [1.165, 1.54) is 37.5 Å². The summed E-state index contributed by atoms with van der Waals surface area (Å²) in [6.45, 7) is 21.0. The monoisotopic (exact) mass is 1860 g/mol. The molecule has 2 heterocycles. The van der Waals surface area contributed by atoms with Crippen LogP contribution in [0.2, 0.25) is 0 Å². The van der Waals surface area contributed by atoms with Crippen LogP contribution in [0.3, 0.4) is 0 Å². The second kappa shape index (κ2) is 46.4. The number of hydrogen-bond acceptors (Lipinski definition) is 23. The Morgan fingerprint density at radius 2 is 0.824 bits per heavy atom. The number of hydrogen-bond donors (Lipinski definition) is 5. The smallest absolute Gasteiger partial charge is 0.407 e. The van der Waals surface area contributed by atoms with Gasteiger partial charge in [-0.1, -0.05) is 159 Å². The Morgan fingerprint density at radius 3 is 1.18 bits per heavy atom. The number of nitrogens with zero attached hydrogens (tertiary/aromatic N) is 2. The maximum absolute atomic E-state index is 14.3. The lowest BCUT2D eigenvalue weighted by Crippen LogP contribution is -2.53. The molecule has 30 nitrogen and oxygen atoms in total. The largest absolute Gasteiger partial charge is 0.496 e. The van der Waals surface area contributed by atoms with E-state index in [9.17, 15) is 72.2 Å². The second-order valence-corrected chi connectivity index (χ2v) is 36.3. The van der Waals surface area contributed by atoms with E-state index >= 15 is 0 Å². The van der Waals surface area contributed by atoms with E-state index in [0.717, 1.165) is 78.9 Å². The molecule has 2 aliphatic carbocycles. The lowest BCUT2D eigenvalue weighted by Gasteiger charge is -2.36. The van der Waals surface area contributed by atoms with Gasteiger partial charge in [0.1, 0.15) is 79.9 Å². The van der Waals surface area contributed by atoms with E-state index in [1.54, 1.807) is 83.5 Å². The Balaban J connectivity index is 0.000000262. The van der Waals surface area contributed by atoms with Gasteiger partial charge in [0.2, 0.25) is 23.4 Å². The Bertz CT molecular complexity index is 5720. The van der Waals surface area contributed by atoms with Crippen molar-refractivity contribution in [1.82, 2.24) is 20.4 Å². The van der Waals surface area contributed by atoms with Crippen LogP contribution in [0, 0.1) is 24.7 Å². The lowest BCUT2D eigenvalue weighted by molar-refractivity contribution is -0.165. The van der Waals surface area contributed by atoms with Gasteiger partial charge in [-0.2, -0.15) is 0 Å². The number of amides is 6. The molecular weight excluding hydrogens is 1740 g/mol. The molecule has 0 unspecified atom stereocenters. The highest BCUT2D eigenvalue weighted by molar-refractivity contribution is 6.39. The number of fused-ring (bicyclic) bond motifs is 6. The number of benzene rings is 8. The number of ether oxygens (including phenoxy) is 9. The van der Waals surface area contributed by atoms with Crippen molar-refractivity contribution in [2.24, 2.45) is 10.8 Å². The van der Waals surface area contributed by atoms with E-state index < -0.39 is 149 Å². The van der Waals surface area contributed by atoms with Gasteiger partial charge < -0.3 is 78.8 Å². The number of esters is 5. The third-order valence-corrected chi connectivity index (χ3v) is 24.1. The summed E-state index contributed by atoms with van der Waals surface area (Å²) in [6, 6.07) is 51.0. The van der Waals surface area contributed by atoms with Crippen LogP contribution >= 0.6 is 0 Å². The van der Waals surface area contributed by atoms with Crippen molar-refractivity contribution >= 4 is 94.6 Å². The number of carboxylic acid groups (broad SMARTS) is 1. The van der Waals surface area contributed by atoms with Crippen LogP contribution in [0.15, 0.2) is 207 Å². The van der Waals surface area contributed by atoms with Gasteiger partial charge in [-0.05, 0) is 241 Å². The zero-order valence-electron chi connectivity index (χ0n) is 78.5. The summed E-state index contributed by atoms with van der Waals surface area (Å²) < 4.78 is 50.6. The van der Waals surface area contributed by atoms with E-state index in [1.807, 2.05) is 147 Å². The highest BCUT2D eigenvalue weighted by Gasteiger charge is 2.46. The van der Waals surface area contributed by atoms with Gasteiger partial charge in [0, 0.05) is 48.5 Å². The Morgan fingerprint density at radius 1 is 0.456 bits per heavy atom. The third-order valence-electron chi connectivity index (χ3n) is 24.1. The lowest BCUT2D eigenvalue weighted by atomic mass is 9.87. The first-order valence-corrected chi connectivity index (χ1v) is 45.3. The van der Waals surface area contributed by atoms with Crippen LogP contribution in [0.1, 0.15) is 192 Å². The van der Waals surface area contributed by atoms with Crippen molar-refractivity contribution < 1.29 is 115 Å². The highest BCUT2D eigenvalue weighted by atomic mass is 16.6. The van der Waals surface area contributed by atoms with Gasteiger partial charge in [-0.25, -0.2) is 38.4 Å². The number of methoxy groups -OCH3 is 2. The van der Waals surface area contributed by atoms with Gasteiger partial charge in [0.15, 0.2) is 0 Å². The van der Waals surface area contributed by atoms with E-state index in [-0.39, 0.29) is 82.7 Å². The van der Waals surface area contributed by atoms with Crippen LogP contribution in [-0.4, -0.2) is 182 Å². The molecule has 0 spiro atoms. The second-order valence-electron chi connectivity index (χ2n) is 36.3. The molecule has 136 heavy (non-hydrogen) atoms. The Kier molecular flexibility index (Phi) is 34.8. The first-order chi connectivity index (χ1) is 64.9. The molecule has 0 saturated carbocycles. The molecule has 4 aliphatic rings. The van der Waals surface area contributed by atoms with Gasteiger partial charge in [-0.15, -0.1) is 0 Å². The zero-order valence-corrected chi connectivity index (χ0v) is 78.5. The SMILES string of the molecule is C=CC(=O)OCC(C)(C)C(=O)C(=O)N1CCCC[C@H]1C(=O)O[C@H](CCc1ccc(C)c(OC)c1)c1cccc(NC(=O)C[C@H](NC(=O)OCC2c3ccccc3-c3ccccc32)C(=O)O)c1.C=CC(=O)OCC(C)(C)C(=O)C(=O)N1CCCC[C@H]1C(=O)O[C@H](CCc1ccc(C)c(OC)c1)c1cccc(NC(=O)C[C@H](NC(=O)OCC2c3ccccc3-c3ccccc32)C(=O)OC(C)(C)C)c1. The van der Waals surface area contributed by atoms with Crippen molar-refractivity contribution in [2.75, 3.05) is 64.4 Å². The van der Waals surface area contributed by atoms with Crippen molar-refractivity contribution in [3.05, 3.63) is 263 Å². The number of carbonyl (C=O) groups is 14. The predicted octanol–water partition coefficient (Wildman–Crippen LogP) is 15.8. The quantitative estimate of drug-likeness (QED) is 0.0104. The molecule has 5 N–H and O–H groups in total. The number of carbonyl (C=O) groups excluding carboxylic acids is 13. The number of piperidine rings is 2. The predicted molar refractivity (Wildman–Crippen MR) is 505 cm³/mol. The number of nitrogens with one attached hydrogen (secondary N) is 4. The average molecular weight is 1860 g/mol. The molecule has 0 aromatic heterocycles. The third kappa shape index (κ3) is 26.7. The van der Waals surface area contributed by atoms with Crippen LogP contribution in [0.25, 0.3) is 22.3 Å². The number of aryl methyl sites for hydroxylation is 4. The molecule has 6 atom stereocenters. The summed E-state index contributed by atoms with van der Waals surface area (Å²) in [7, 11) is 3.16. The zero-order chi connectivity index (χ0) is 98.3. The number of alkyl carbamates (subject to hydrolysis) is 2. The van der Waals surface area contributed by atoms with Crippen LogP contribution < -0.4 is 30.7 Å². The molecule has 30 heteroatoms. The molecule has 716 valence electrons. The molecule has 8 aromatic carbocycles. The van der Waals surface area contributed by atoms with Crippen molar-refractivity contribution in [3.8, 4) is 33.8 Å². The number of carboxylic acids is 1.